The van der Waals surface area contributed by atoms with E-state index in [9.17, 15) is 5.11 Å². The van der Waals surface area contributed by atoms with Crippen molar-refractivity contribution in [3.05, 3.63) is 41.6 Å². The maximum atomic E-state index is 10.0. The molecule has 2 aromatic rings. The highest BCUT2D eigenvalue weighted by atomic mass is 16.3. The Morgan fingerprint density at radius 1 is 1.40 bits per heavy atom. The number of rotatable bonds is 2. The van der Waals surface area contributed by atoms with E-state index in [1.54, 1.807) is 24.7 Å². The fourth-order valence-corrected chi connectivity index (χ4v) is 1.51. The molecule has 0 spiro atoms. The molecular weight excluding hydrogens is 192 g/mol. The second kappa shape index (κ2) is 3.70. The summed E-state index contributed by atoms with van der Waals surface area (Å²) in [6.45, 7) is 1.87. The molecule has 0 aromatic carbocycles. The minimum atomic E-state index is -0.853. The van der Waals surface area contributed by atoms with Gasteiger partial charge < -0.3 is 15.8 Å². The Bertz CT molecular complexity index is 432. The molecule has 4 N–H and O–H groups in total. The molecule has 0 fully saturated rings. The first-order valence-electron chi connectivity index (χ1n) is 4.58. The molecule has 0 aliphatic heterocycles. The van der Waals surface area contributed by atoms with Crippen molar-refractivity contribution in [2.75, 3.05) is 5.73 Å². The Labute approximate surface area is 87.0 Å². The Hall–Kier alpha value is -1.88. The van der Waals surface area contributed by atoms with Gasteiger partial charge in [-0.25, -0.2) is 9.97 Å². The lowest BCUT2D eigenvalue weighted by Crippen LogP contribution is -2.08. The Balaban J connectivity index is 2.46. The number of hydrogen-bond donors (Lipinski definition) is 3. The number of anilines is 1. The zero-order valence-electron chi connectivity index (χ0n) is 8.31. The van der Waals surface area contributed by atoms with Gasteiger partial charge in [0.05, 0.1) is 0 Å². The molecule has 0 radical (unpaired) electrons. The number of imidazole rings is 1. The third kappa shape index (κ3) is 1.69. The third-order valence-electron chi connectivity index (χ3n) is 2.29. The van der Waals surface area contributed by atoms with Gasteiger partial charge in [-0.3, -0.25) is 0 Å². The lowest BCUT2D eigenvalue weighted by Gasteiger charge is -2.12. The highest BCUT2D eigenvalue weighted by molar-refractivity contribution is 5.47. The van der Waals surface area contributed by atoms with Gasteiger partial charge >= 0.3 is 0 Å². The zero-order chi connectivity index (χ0) is 10.8. The minimum absolute atomic E-state index is 0.332. The molecule has 2 rings (SSSR count). The Morgan fingerprint density at radius 2 is 2.20 bits per heavy atom. The number of aryl methyl sites for hydroxylation is 1. The molecule has 0 aliphatic rings. The first-order chi connectivity index (χ1) is 7.20. The summed E-state index contributed by atoms with van der Waals surface area (Å²) in [5.74, 6) is 0.803. The highest BCUT2D eigenvalue weighted by Gasteiger charge is 2.18. The molecule has 5 heteroatoms. The van der Waals surface area contributed by atoms with Crippen LogP contribution in [0.1, 0.15) is 23.1 Å². The zero-order valence-corrected chi connectivity index (χ0v) is 8.31. The number of aromatic amines is 1. The number of hydrogen-bond acceptors (Lipinski definition) is 4. The first kappa shape index (κ1) is 9.67. The predicted molar refractivity (Wildman–Crippen MR) is 56.0 cm³/mol. The van der Waals surface area contributed by atoms with Crippen molar-refractivity contribution in [2.24, 2.45) is 0 Å². The van der Waals surface area contributed by atoms with Crippen LogP contribution in [0, 0.1) is 6.92 Å². The molecule has 78 valence electrons. The average Bonchev–Trinajstić information content (AvgIpc) is 2.69. The third-order valence-corrected chi connectivity index (χ3v) is 2.29. The van der Waals surface area contributed by atoms with Gasteiger partial charge in [-0.1, -0.05) is 0 Å². The van der Waals surface area contributed by atoms with Crippen LogP contribution in [-0.4, -0.2) is 20.1 Å². The topological polar surface area (TPSA) is 87.8 Å². The smallest absolute Gasteiger partial charge is 0.140 e. The summed E-state index contributed by atoms with van der Waals surface area (Å²) in [4.78, 5) is 10.8. The van der Waals surface area contributed by atoms with E-state index in [0.29, 0.717) is 17.2 Å². The van der Waals surface area contributed by atoms with Crippen molar-refractivity contribution in [2.45, 2.75) is 13.0 Å². The molecular formula is C10H12N4O. The summed E-state index contributed by atoms with van der Waals surface area (Å²) in [7, 11) is 0. The summed E-state index contributed by atoms with van der Waals surface area (Å²) in [6, 6.07) is 1.80. The van der Waals surface area contributed by atoms with Crippen LogP contribution >= 0.6 is 0 Å². The molecule has 15 heavy (non-hydrogen) atoms. The summed E-state index contributed by atoms with van der Waals surface area (Å²) < 4.78 is 0. The number of aromatic nitrogens is 3. The molecule has 0 saturated heterocycles. The normalized spacial score (nSPS) is 12.7. The van der Waals surface area contributed by atoms with Crippen molar-refractivity contribution in [3.8, 4) is 0 Å². The maximum Gasteiger partial charge on any atom is 0.140 e. The Morgan fingerprint density at radius 3 is 2.80 bits per heavy atom. The van der Waals surface area contributed by atoms with Crippen molar-refractivity contribution in [1.29, 1.82) is 0 Å². The monoisotopic (exact) mass is 204 g/mol. The number of nitrogen functional groups attached to an aromatic ring is 1. The van der Waals surface area contributed by atoms with Gasteiger partial charge in [0.2, 0.25) is 0 Å². The number of H-pyrrole nitrogens is 1. The van der Waals surface area contributed by atoms with Gasteiger partial charge in [-0.15, -0.1) is 0 Å². The molecule has 0 saturated carbocycles. The molecule has 2 aromatic heterocycles. The lowest BCUT2D eigenvalue weighted by atomic mass is 10.0. The van der Waals surface area contributed by atoms with Crippen molar-refractivity contribution in [1.82, 2.24) is 15.0 Å². The van der Waals surface area contributed by atoms with Crippen LogP contribution in [-0.2, 0) is 0 Å². The maximum absolute atomic E-state index is 10.0. The van der Waals surface area contributed by atoms with Crippen LogP contribution in [0.4, 0.5) is 5.82 Å². The average molecular weight is 204 g/mol. The van der Waals surface area contributed by atoms with Crippen LogP contribution in [0.3, 0.4) is 0 Å². The van der Waals surface area contributed by atoms with Crippen molar-refractivity contribution in [3.63, 3.8) is 0 Å². The van der Waals surface area contributed by atoms with E-state index in [1.165, 1.54) is 0 Å². The van der Waals surface area contributed by atoms with Gasteiger partial charge in [-0.2, -0.15) is 0 Å². The quantitative estimate of drug-likeness (QED) is 0.674. The second-order valence-electron chi connectivity index (χ2n) is 3.30. The van der Waals surface area contributed by atoms with Gasteiger partial charge in [0, 0.05) is 24.2 Å². The minimum Gasteiger partial charge on any atom is -0.383 e. The van der Waals surface area contributed by atoms with Crippen molar-refractivity contribution >= 4 is 5.82 Å². The van der Waals surface area contributed by atoms with E-state index in [4.69, 9.17) is 5.73 Å². The van der Waals surface area contributed by atoms with Gasteiger partial charge in [0.1, 0.15) is 17.7 Å². The lowest BCUT2D eigenvalue weighted by molar-refractivity contribution is 0.210. The van der Waals surface area contributed by atoms with Crippen LogP contribution in [0.15, 0.2) is 24.7 Å². The Kier molecular flexibility index (Phi) is 2.39. The standard InChI is InChI=1S/C10H12N4O/c1-6-2-3-12-9(11)7(6)8(15)10-13-4-5-14-10/h2-5,8,15H,1H3,(H2,11,12)(H,13,14). The first-order valence-corrected chi connectivity index (χ1v) is 4.58. The summed E-state index contributed by atoms with van der Waals surface area (Å²) >= 11 is 0. The van der Waals surface area contributed by atoms with E-state index in [2.05, 4.69) is 15.0 Å². The van der Waals surface area contributed by atoms with Gasteiger partial charge in [0.25, 0.3) is 0 Å². The molecule has 2 heterocycles. The number of aliphatic hydroxyl groups excluding tert-OH is 1. The summed E-state index contributed by atoms with van der Waals surface area (Å²) in [6.07, 6.45) is 4.00. The number of nitrogens with zero attached hydrogens (tertiary/aromatic N) is 2. The largest absolute Gasteiger partial charge is 0.383 e. The van der Waals surface area contributed by atoms with Gasteiger partial charge in [0.15, 0.2) is 0 Å². The highest BCUT2D eigenvalue weighted by Crippen LogP contribution is 2.25. The fourth-order valence-electron chi connectivity index (χ4n) is 1.51. The molecule has 5 nitrogen and oxygen atoms in total. The molecule has 1 atom stereocenters. The predicted octanol–water partition coefficient (Wildman–Crippen LogP) is 0.777. The van der Waals surface area contributed by atoms with Crippen molar-refractivity contribution < 1.29 is 5.11 Å². The van der Waals surface area contributed by atoms with Gasteiger partial charge in [-0.05, 0) is 18.6 Å². The second-order valence-corrected chi connectivity index (χ2v) is 3.30. The van der Waals surface area contributed by atoms with E-state index in [-0.39, 0.29) is 0 Å². The van der Waals surface area contributed by atoms with E-state index in [1.807, 2.05) is 6.92 Å². The molecule has 0 aliphatic carbocycles. The summed E-state index contributed by atoms with van der Waals surface area (Å²) in [5, 5.41) is 10.0. The fraction of sp³-hybridized carbons (Fsp3) is 0.200. The van der Waals surface area contributed by atoms with Crippen LogP contribution in [0.2, 0.25) is 0 Å². The number of nitrogens with two attached hydrogens (primary N) is 1. The van der Waals surface area contributed by atoms with Crippen LogP contribution in [0.5, 0.6) is 0 Å². The molecule has 0 bridgehead atoms. The summed E-state index contributed by atoms with van der Waals surface area (Å²) in [5.41, 5.74) is 7.21. The van der Waals surface area contributed by atoms with Crippen LogP contribution < -0.4 is 5.73 Å². The molecule has 0 amide bonds. The van der Waals surface area contributed by atoms with E-state index in [0.717, 1.165) is 5.56 Å². The number of nitrogens with one attached hydrogen (secondary N) is 1. The van der Waals surface area contributed by atoms with E-state index >= 15 is 0 Å². The van der Waals surface area contributed by atoms with Crippen LogP contribution in [0.25, 0.3) is 0 Å². The molecule has 1 unspecified atom stereocenters. The number of aliphatic hydroxyl groups is 1. The SMILES string of the molecule is Cc1ccnc(N)c1C(O)c1ncc[nH]1. The number of pyridine rings is 1. The van der Waals surface area contributed by atoms with E-state index < -0.39 is 6.10 Å².